The minimum absolute atomic E-state index is 0.746. The van der Waals surface area contributed by atoms with Crippen LogP contribution in [0.3, 0.4) is 0 Å². The highest BCUT2D eigenvalue weighted by molar-refractivity contribution is 9.13. The SMILES string of the molecule is Brc1cc(CNCC2CCOCC2)oc1Br. The van der Waals surface area contributed by atoms with Crippen LogP contribution in [0.15, 0.2) is 19.6 Å². The third kappa shape index (κ3) is 3.58. The Morgan fingerprint density at radius 3 is 2.69 bits per heavy atom. The standard InChI is InChI=1S/C11H15Br2NO2/c12-10-5-9(16-11(10)13)7-14-6-8-1-3-15-4-2-8/h5,8,14H,1-4,6-7H2. The molecule has 16 heavy (non-hydrogen) atoms. The van der Waals surface area contributed by atoms with Crippen LogP contribution in [0.5, 0.6) is 0 Å². The van der Waals surface area contributed by atoms with Gasteiger partial charge < -0.3 is 14.5 Å². The van der Waals surface area contributed by atoms with Gasteiger partial charge in [-0.05, 0) is 63.2 Å². The van der Waals surface area contributed by atoms with Gasteiger partial charge in [0.05, 0.1) is 11.0 Å². The number of hydrogen-bond donors (Lipinski definition) is 1. The lowest BCUT2D eigenvalue weighted by atomic mass is 10.0. The van der Waals surface area contributed by atoms with E-state index in [1.807, 2.05) is 6.07 Å². The van der Waals surface area contributed by atoms with Crippen LogP contribution in [0, 0.1) is 5.92 Å². The average Bonchev–Trinajstić information content (AvgIpc) is 2.60. The molecule has 1 aromatic heterocycles. The highest BCUT2D eigenvalue weighted by Crippen LogP contribution is 2.26. The molecule has 1 N–H and O–H groups in total. The molecule has 1 aliphatic rings. The predicted octanol–water partition coefficient (Wildman–Crippen LogP) is 3.32. The molecule has 0 bridgehead atoms. The van der Waals surface area contributed by atoms with E-state index in [2.05, 4.69) is 37.2 Å². The molecule has 0 atom stereocenters. The van der Waals surface area contributed by atoms with Crippen molar-refractivity contribution in [2.24, 2.45) is 5.92 Å². The van der Waals surface area contributed by atoms with Gasteiger partial charge in [-0.2, -0.15) is 0 Å². The topological polar surface area (TPSA) is 34.4 Å². The van der Waals surface area contributed by atoms with Crippen molar-refractivity contribution in [3.8, 4) is 0 Å². The van der Waals surface area contributed by atoms with Crippen LogP contribution in [0.25, 0.3) is 0 Å². The second-order valence-electron chi connectivity index (χ2n) is 4.02. The van der Waals surface area contributed by atoms with Gasteiger partial charge >= 0.3 is 0 Å². The first-order valence-corrected chi connectivity index (χ1v) is 7.06. The van der Waals surface area contributed by atoms with E-state index in [1.54, 1.807) is 0 Å². The highest BCUT2D eigenvalue weighted by Gasteiger charge is 2.13. The Bertz CT molecular complexity index is 315. The summed E-state index contributed by atoms with van der Waals surface area (Å²) in [6.07, 6.45) is 2.33. The fraction of sp³-hybridized carbons (Fsp3) is 0.636. The summed E-state index contributed by atoms with van der Waals surface area (Å²) in [7, 11) is 0. The van der Waals surface area contributed by atoms with Crippen molar-refractivity contribution in [3.63, 3.8) is 0 Å². The largest absolute Gasteiger partial charge is 0.452 e. The van der Waals surface area contributed by atoms with Crippen molar-refractivity contribution in [2.45, 2.75) is 19.4 Å². The molecule has 0 amide bonds. The van der Waals surface area contributed by atoms with Gasteiger partial charge in [-0.1, -0.05) is 0 Å². The minimum Gasteiger partial charge on any atom is -0.452 e. The normalized spacial score (nSPS) is 17.9. The molecule has 1 aliphatic heterocycles. The van der Waals surface area contributed by atoms with Gasteiger partial charge in [0.1, 0.15) is 5.76 Å². The molecule has 5 heteroatoms. The predicted molar refractivity (Wildman–Crippen MR) is 69.4 cm³/mol. The van der Waals surface area contributed by atoms with E-state index < -0.39 is 0 Å². The van der Waals surface area contributed by atoms with Gasteiger partial charge in [-0.3, -0.25) is 0 Å². The molecular formula is C11H15Br2NO2. The third-order valence-corrected chi connectivity index (χ3v) is 4.48. The van der Waals surface area contributed by atoms with E-state index in [9.17, 15) is 0 Å². The maximum atomic E-state index is 5.49. The molecule has 0 aliphatic carbocycles. The number of ether oxygens (including phenoxy) is 1. The second-order valence-corrected chi connectivity index (χ2v) is 5.60. The van der Waals surface area contributed by atoms with Crippen LogP contribution >= 0.6 is 31.9 Å². The molecule has 2 heterocycles. The Morgan fingerprint density at radius 1 is 1.31 bits per heavy atom. The Balaban J connectivity index is 1.71. The molecule has 0 aromatic carbocycles. The molecule has 3 nitrogen and oxygen atoms in total. The number of furan rings is 1. The molecule has 1 aromatic rings. The van der Waals surface area contributed by atoms with Gasteiger partial charge in [0.15, 0.2) is 4.67 Å². The summed E-state index contributed by atoms with van der Waals surface area (Å²) in [5.41, 5.74) is 0. The zero-order valence-electron chi connectivity index (χ0n) is 8.97. The van der Waals surface area contributed by atoms with Crippen molar-refractivity contribution in [1.82, 2.24) is 5.32 Å². The first-order chi connectivity index (χ1) is 7.75. The van der Waals surface area contributed by atoms with Gasteiger partial charge in [0.2, 0.25) is 0 Å². The molecule has 0 saturated carbocycles. The summed E-state index contributed by atoms with van der Waals surface area (Å²) in [6, 6.07) is 1.99. The molecule has 0 spiro atoms. The highest BCUT2D eigenvalue weighted by atomic mass is 79.9. The van der Waals surface area contributed by atoms with Crippen LogP contribution in [0.1, 0.15) is 18.6 Å². The van der Waals surface area contributed by atoms with E-state index in [0.717, 1.165) is 47.1 Å². The molecule has 2 rings (SSSR count). The Hall–Kier alpha value is 0.160. The lowest BCUT2D eigenvalue weighted by Gasteiger charge is -2.21. The summed E-state index contributed by atoms with van der Waals surface area (Å²) in [5, 5.41) is 3.42. The van der Waals surface area contributed by atoms with Gasteiger partial charge in [-0.15, -0.1) is 0 Å². The average molecular weight is 353 g/mol. The first kappa shape index (κ1) is 12.6. The minimum atomic E-state index is 0.746. The van der Waals surface area contributed by atoms with Gasteiger partial charge in [-0.25, -0.2) is 0 Å². The van der Waals surface area contributed by atoms with Crippen molar-refractivity contribution >= 4 is 31.9 Å². The van der Waals surface area contributed by atoms with E-state index in [0.29, 0.717) is 0 Å². The smallest absolute Gasteiger partial charge is 0.183 e. The summed E-state index contributed by atoms with van der Waals surface area (Å²) < 4.78 is 12.5. The quantitative estimate of drug-likeness (QED) is 0.902. The second kappa shape index (κ2) is 6.19. The zero-order valence-corrected chi connectivity index (χ0v) is 12.1. The number of rotatable bonds is 4. The van der Waals surface area contributed by atoms with Crippen molar-refractivity contribution in [3.05, 3.63) is 21.0 Å². The third-order valence-electron chi connectivity index (χ3n) is 2.77. The molecule has 1 fully saturated rings. The fourth-order valence-electron chi connectivity index (χ4n) is 1.83. The maximum absolute atomic E-state index is 5.49. The summed E-state index contributed by atoms with van der Waals surface area (Å²) in [5.74, 6) is 1.70. The lowest BCUT2D eigenvalue weighted by molar-refractivity contribution is 0.0661. The fourth-order valence-corrected chi connectivity index (χ4v) is 2.49. The van der Waals surface area contributed by atoms with E-state index in [-0.39, 0.29) is 0 Å². The Labute approximate surface area is 112 Å². The van der Waals surface area contributed by atoms with Crippen molar-refractivity contribution in [2.75, 3.05) is 19.8 Å². The van der Waals surface area contributed by atoms with E-state index in [1.165, 1.54) is 12.8 Å². The Kier molecular flexibility index (Phi) is 4.88. The van der Waals surface area contributed by atoms with Gasteiger partial charge in [0.25, 0.3) is 0 Å². The van der Waals surface area contributed by atoms with Crippen LogP contribution in [0.4, 0.5) is 0 Å². The summed E-state index contributed by atoms with van der Waals surface area (Å²) in [4.78, 5) is 0. The molecule has 0 unspecified atom stereocenters. The maximum Gasteiger partial charge on any atom is 0.183 e. The monoisotopic (exact) mass is 351 g/mol. The molecule has 0 radical (unpaired) electrons. The number of hydrogen-bond acceptors (Lipinski definition) is 3. The van der Waals surface area contributed by atoms with Crippen LogP contribution in [-0.4, -0.2) is 19.8 Å². The molecular weight excluding hydrogens is 338 g/mol. The number of halogens is 2. The van der Waals surface area contributed by atoms with Crippen LogP contribution in [-0.2, 0) is 11.3 Å². The van der Waals surface area contributed by atoms with Crippen molar-refractivity contribution < 1.29 is 9.15 Å². The van der Waals surface area contributed by atoms with Crippen LogP contribution in [0.2, 0.25) is 0 Å². The zero-order chi connectivity index (χ0) is 11.4. The first-order valence-electron chi connectivity index (χ1n) is 5.48. The molecule has 1 saturated heterocycles. The van der Waals surface area contributed by atoms with E-state index >= 15 is 0 Å². The van der Waals surface area contributed by atoms with E-state index in [4.69, 9.17) is 9.15 Å². The van der Waals surface area contributed by atoms with Crippen LogP contribution < -0.4 is 5.32 Å². The molecule has 90 valence electrons. The van der Waals surface area contributed by atoms with Gasteiger partial charge in [0, 0.05) is 13.2 Å². The van der Waals surface area contributed by atoms with Crippen molar-refractivity contribution in [1.29, 1.82) is 0 Å². The number of nitrogens with one attached hydrogen (secondary N) is 1. The lowest BCUT2D eigenvalue weighted by Crippen LogP contribution is -2.27. The summed E-state index contributed by atoms with van der Waals surface area (Å²) >= 11 is 6.73. The Morgan fingerprint density at radius 2 is 2.06 bits per heavy atom. The summed E-state index contributed by atoms with van der Waals surface area (Å²) in [6.45, 7) is 3.63.